The van der Waals surface area contributed by atoms with Gasteiger partial charge in [-0.05, 0) is 51.9 Å². The maximum Gasteiger partial charge on any atom is 0.240 e. The third-order valence-electron chi connectivity index (χ3n) is 4.88. The van der Waals surface area contributed by atoms with Gasteiger partial charge in [0.25, 0.3) is 0 Å². The lowest BCUT2D eigenvalue weighted by Gasteiger charge is -2.40. The first-order chi connectivity index (χ1) is 8.65. The van der Waals surface area contributed by atoms with Crippen LogP contribution < -0.4 is 5.32 Å². The van der Waals surface area contributed by atoms with Crippen molar-refractivity contribution in [2.75, 3.05) is 0 Å². The molecule has 0 saturated carbocycles. The molecular weight excluding hydrogens is 228 g/mol. The molecule has 4 unspecified atom stereocenters. The molecule has 3 heterocycles. The van der Waals surface area contributed by atoms with E-state index in [-0.39, 0.29) is 12.1 Å². The van der Waals surface area contributed by atoms with Gasteiger partial charge in [-0.25, -0.2) is 0 Å². The van der Waals surface area contributed by atoms with Crippen LogP contribution in [-0.4, -0.2) is 46.2 Å². The lowest BCUT2D eigenvalue weighted by atomic mass is 9.95. The smallest absolute Gasteiger partial charge is 0.240 e. The molecule has 0 aromatic carbocycles. The van der Waals surface area contributed by atoms with Gasteiger partial charge in [-0.1, -0.05) is 0 Å². The summed E-state index contributed by atoms with van der Waals surface area (Å²) < 4.78 is 0. The highest BCUT2D eigenvalue weighted by atomic mass is 16.3. The molecule has 4 nitrogen and oxygen atoms in total. The number of amides is 1. The molecule has 3 aliphatic rings. The average molecular weight is 252 g/mol. The third-order valence-corrected chi connectivity index (χ3v) is 4.88. The van der Waals surface area contributed by atoms with Crippen LogP contribution in [0.5, 0.6) is 0 Å². The summed E-state index contributed by atoms with van der Waals surface area (Å²) in [6.07, 6.45) is 6.83. The molecule has 1 amide bonds. The van der Waals surface area contributed by atoms with Crippen molar-refractivity contribution >= 4 is 5.91 Å². The van der Waals surface area contributed by atoms with Crippen LogP contribution in [0.25, 0.3) is 0 Å². The van der Waals surface area contributed by atoms with Gasteiger partial charge in [-0.15, -0.1) is 0 Å². The van der Waals surface area contributed by atoms with E-state index in [4.69, 9.17) is 0 Å². The van der Waals surface area contributed by atoms with Gasteiger partial charge >= 0.3 is 0 Å². The predicted molar refractivity (Wildman–Crippen MR) is 69.1 cm³/mol. The van der Waals surface area contributed by atoms with E-state index >= 15 is 0 Å². The molecule has 18 heavy (non-hydrogen) atoms. The van der Waals surface area contributed by atoms with Crippen LogP contribution in [0, 0.1) is 0 Å². The predicted octanol–water partition coefficient (Wildman–Crippen LogP) is 1.03. The van der Waals surface area contributed by atoms with Gasteiger partial charge in [0, 0.05) is 18.1 Å². The van der Waals surface area contributed by atoms with Gasteiger partial charge in [0.2, 0.25) is 5.91 Å². The molecule has 0 radical (unpaired) electrons. The second-order valence-electron chi connectivity index (χ2n) is 6.31. The number of aliphatic hydroxyl groups is 1. The second-order valence-corrected chi connectivity index (χ2v) is 6.31. The Hall–Kier alpha value is -0.610. The fourth-order valence-electron chi connectivity index (χ4n) is 4.02. The second kappa shape index (κ2) is 4.82. The molecular formula is C14H24N2O2. The Labute approximate surface area is 109 Å². The SMILES string of the molecule is CC1CCCC(C(=O)N2C3CCC2CC(O)C3)N1. The highest BCUT2D eigenvalue weighted by Crippen LogP contribution is 2.36. The van der Waals surface area contributed by atoms with Gasteiger partial charge in [0.1, 0.15) is 0 Å². The molecule has 2 N–H and O–H groups in total. The van der Waals surface area contributed by atoms with Gasteiger partial charge in [0.05, 0.1) is 12.1 Å². The Kier molecular flexibility index (Phi) is 3.32. The van der Waals surface area contributed by atoms with E-state index in [1.165, 1.54) is 6.42 Å². The van der Waals surface area contributed by atoms with Crippen LogP contribution in [0.1, 0.15) is 51.9 Å². The fraction of sp³-hybridized carbons (Fsp3) is 0.929. The minimum absolute atomic E-state index is 0.0205. The van der Waals surface area contributed by atoms with Crippen molar-refractivity contribution in [2.24, 2.45) is 0 Å². The molecule has 4 heteroatoms. The number of carbonyl (C=O) groups excluding carboxylic acids is 1. The number of carbonyl (C=O) groups is 1. The minimum Gasteiger partial charge on any atom is -0.393 e. The average Bonchev–Trinajstić information content (AvgIpc) is 2.61. The van der Waals surface area contributed by atoms with E-state index in [2.05, 4.69) is 17.1 Å². The number of aliphatic hydroxyl groups excluding tert-OH is 1. The Morgan fingerprint density at radius 2 is 1.83 bits per heavy atom. The maximum atomic E-state index is 12.6. The summed E-state index contributed by atoms with van der Waals surface area (Å²) in [5.74, 6) is 0.293. The summed E-state index contributed by atoms with van der Waals surface area (Å²) in [6.45, 7) is 2.16. The zero-order valence-electron chi connectivity index (χ0n) is 11.1. The lowest BCUT2D eigenvalue weighted by molar-refractivity contribution is -0.140. The largest absolute Gasteiger partial charge is 0.393 e. The fourth-order valence-corrected chi connectivity index (χ4v) is 4.02. The number of nitrogens with one attached hydrogen (secondary N) is 1. The molecule has 0 spiro atoms. The lowest BCUT2D eigenvalue weighted by Crippen LogP contribution is -2.56. The van der Waals surface area contributed by atoms with E-state index in [0.29, 0.717) is 24.0 Å². The quantitative estimate of drug-likeness (QED) is 0.733. The van der Waals surface area contributed by atoms with Crippen molar-refractivity contribution < 1.29 is 9.90 Å². The third kappa shape index (κ3) is 2.16. The van der Waals surface area contributed by atoms with Gasteiger partial charge in [0.15, 0.2) is 0 Å². The molecule has 0 aliphatic carbocycles. The number of piperidine rings is 2. The van der Waals surface area contributed by atoms with Crippen molar-refractivity contribution in [2.45, 2.75) is 82.1 Å². The van der Waals surface area contributed by atoms with Crippen LogP contribution in [-0.2, 0) is 4.79 Å². The normalized spacial score (nSPS) is 44.1. The Bertz CT molecular complexity index is 320. The molecule has 4 atom stereocenters. The van der Waals surface area contributed by atoms with Crippen molar-refractivity contribution in [3.8, 4) is 0 Å². The Morgan fingerprint density at radius 1 is 1.17 bits per heavy atom. The molecule has 2 bridgehead atoms. The monoisotopic (exact) mass is 252 g/mol. The first-order valence-corrected chi connectivity index (χ1v) is 7.41. The topological polar surface area (TPSA) is 52.6 Å². The van der Waals surface area contributed by atoms with Crippen LogP contribution in [0.15, 0.2) is 0 Å². The van der Waals surface area contributed by atoms with E-state index in [9.17, 15) is 9.90 Å². The molecule has 102 valence electrons. The maximum absolute atomic E-state index is 12.6. The van der Waals surface area contributed by atoms with Gasteiger partial charge in [-0.2, -0.15) is 0 Å². The summed E-state index contributed by atoms with van der Waals surface area (Å²) in [4.78, 5) is 14.7. The number of nitrogens with zero attached hydrogens (tertiary/aromatic N) is 1. The van der Waals surface area contributed by atoms with Gasteiger partial charge < -0.3 is 15.3 Å². The van der Waals surface area contributed by atoms with Crippen molar-refractivity contribution in [3.63, 3.8) is 0 Å². The van der Waals surface area contributed by atoms with E-state index < -0.39 is 0 Å². The van der Waals surface area contributed by atoms with E-state index in [1.54, 1.807) is 0 Å². The molecule has 0 aromatic rings. The summed E-state index contributed by atoms with van der Waals surface area (Å²) in [7, 11) is 0. The standard InChI is InChI=1S/C14H24N2O2/c1-9-3-2-4-13(15-9)14(18)16-10-5-6-11(16)8-12(17)7-10/h9-13,15,17H,2-8H2,1H3. The molecule has 0 aromatic heterocycles. The molecule has 3 fully saturated rings. The first-order valence-electron chi connectivity index (χ1n) is 7.41. The highest BCUT2D eigenvalue weighted by Gasteiger charge is 2.44. The molecule has 3 rings (SSSR count). The van der Waals surface area contributed by atoms with Crippen LogP contribution in [0.2, 0.25) is 0 Å². The number of hydrogen-bond donors (Lipinski definition) is 2. The molecule has 3 aliphatic heterocycles. The van der Waals surface area contributed by atoms with Crippen molar-refractivity contribution in [3.05, 3.63) is 0 Å². The number of hydrogen-bond acceptors (Lipinski definition) is 3. The number of fused-ring (bicyclic) bond motifs is 2. The van der Waals surface area contributed by atoms with Crippen molar-refractivity contribution in [1.29, 1.82) is 0 Å². The summed E-state index contributed by atoms with van der Waals surface area (Å²) in [5, 5.41) is 13.2. The summed E-state index contributed by atoms with van der Waals surface area (Å²) in [6, 6.07) is 1.07. The minimum atomic E-state index is -0.190. The Balaban J connectivity index is 1.69. The summed E-state index contributed by atoms with van der Waals surface area (Å²) >= 11 is 0. The highest BCUT2D eigenvalue weighted by molar-refractivity contribution is 5.83. The zero-order valence-corrected chi connectivity index (χ0v) is 11.1. The van der Waals surface area contributed by atoms with Gasteiger partial charge in [-0.3, -0.25) is 4.79 Å². The van der Waals surface area contributed by atoms with E-state index in [0.717, 1.165) is 38.5 Å². The zero-order chi connectivity index (χ0) is 12.7. The van der Waals surface area contributed by atoms with Crippen molar-refractivity contribution in [1.82, 2.24) is 10.2 Å². The summed E-state index contributed by atoms with van der Waals surface area (Å²) in [5.41, 5.74) is 0. The molecule has 3 saturated heterocycles. The van der Waals surface area contributed by atoms with E-state index in [1.807, 2.05) is 0 Å². The van der Waals surface area contributed by atoms with Crippen LogP contribution >= 0.6 is 0 Å². The Morgan fingerprint density at radius 3 is 2.44 bits per heavy atom. The first kappa shape index (κ1) is 12.4. The number of rotatable bonds is 1. The van der Waals surface area contributed by atoms with Crippen LogP contribution in [0.3, 0.4) is 0 Å². The van der Waals surface area contributed by atoms with Crippen LogP contribution in [0.4, 0.5) is 0 Å².